The number of sulfonamides is 1. The molecule has 0 saturated heterocycles. The molecule has 2 atom stereocenters. The zero-order chi connectivity index (χ0) is 27.3. The predicted octanol–water partition coefficient (Wildman–Crippen LogP) is 3.80. The summed E-state index contributed by atoms with van der Waals surface area (Å²) >= 11 is 0. The van der Waals surface area contributed by atoms with Gasteiger partial charge in [-0.3, -0.25) is 14.3 Å². The number of aryl methyl sites for hydroxylation is 1. The SMILES string of the molecule is C=C/C(=N\C=C(/C)F)[C@@H](O)[C@H](C)S(=O)(=O)Nc1nnc(-c2ccc(C)o2)n1-c1c(OC)cccc1OC. The van der Waals surface area contributed by atoms with Crippen LogP contribution in [0, 0.1) is 6.92 Å². The minimum atomic E-state index is -4.32. The third-order valence-corrected chi connectivity index (χ3v) is 7.02. The second-order valence-electron chi connectivity index (χ2n) is 7.88. The van der Waals surface area contributed by atoms with E-state index in [9.17, 15) is 17.9 Å². The lowest BCUT2D eigenvalue weighted by atomic mass is 10.1. The summed E-state index contributed by atoms with van der Waals surface area (Å²) in [6.45, 7) is 7.69. The molecule has 0 aliphatic carbocycles. The number of nitrogens with one attached hydrogen (secondary N) is 1. The van der Waals surface area contributed by atoms with E-state index in [1.165, 1.54) is 25.7 Å². The molecule has 0 amide bonds. The number of halogens is 1. The molecule has 3 rings (SSSR count). The van der Waals surface area contributed by atoms with Crippen LogP contribution in [-0.2, 0) is 10.0 Å². The molecule has 0 fully saturated rings. The van der Waals surface area contributed by atoms with Gasteiger partial charge in [-0.1, -0.05) is 12.6 Å². The van der Waals surface area contributed by atoms with E-state index in [1.54, 1.807) is 37.3 Å². The van der Waals surface area contributed by atoms with E-state index in [4.69, 9.17) is 13.9 Å². The van der Waals surface area contributed by atoms with Gasteiger partial charge in [0, 0.05) is 0 Å². The Morgan fingerprint density at radius 1 is 1.24 bits per heavy atom. The van der Waals surface area contributed by atoms with Gasteiger partial charge in [0.1, 0.15) is 40.1 Å². The number of hydrogen-bond donors (Lipinski definition) is 2. The van der Waals surface area contributed by atoms with Gasteiger partial charge in [-0.15, -0.1) is 10.2 Å². The zero-order valence-electron chi connectivity index (χ0n) is 21.0. The maximum Gasteiger partial charge on any atom is 0.243 e. The Labute approximate surface area is 214 Å². The highest BCUT2D eigenvalue weighted by Gasteiger charge is 2.33. The first-order chi connectivity index (χ1) is 17.5. The molecule has 0 unspecified atom stereocenters. The van der Waals surface area contributed by atoms with Crippen LogP contribution in [0.15, 0.2) is 64.4 Å². The topological polar surface area (TPSA) is 141 Å². The largest absolute Gasteiger partial charge is 0.494 e. The average molecular weight is 534 g/mol. The van der Waals surface area contributed by atoms with Crippen LogP contribution in [0.5, 0.6) is 11.5 Å². The summed E-state index contributed by atoms with van der Waals surface area (Å²) in [5.41, 5.74) is 0.179. The van der Waals surface area contributed by atoms with Crippen molar-refractivity contribution in [2.75, 3.05) is 18.9 Å². The maximum atomic E-state index is 13.3. The van der Waals surface area contributed by atoms with Crippen molar-refractivity contribution in [2.24, 2.45) is 4.99 Å². The summed E-state index contributed by atoms with van der Waals surface area (Å²) in [6, 6.07) is 8.41. The second-order valence-corrected chi connectivity index (χ2v) is 9.91. The summed E-state index contributed by atoms with van der Waals surface area (Å²) in [5.74, 6) is 0.912. The van der Waals surface area contributed by atoms with Crippen LogP contribution < -0.4 is 14.2 Å². The highest BCUT2D eigenvalue weighted by Crippen LogP contribution is 2.38. The fourth-order valence-corrected chi connectivity index (χ4v) is 4.42. The summed E-state index contributed by atoms with van der Waals surface area (Å²) in [4.78, 5) is 3.78. The summed E-state index contributed by atoms with van der Waals surface area (Å²) in [6.07, 6.45) is 0.375. The molecule has 0 spiro atoms. The Bertz CT molecular complexity index is 1420. The molecule has 11 nitrogen and oxygen atoms in total. The number of aliphatic imine (C=N–C) groups is 1. The van der Waals surface area contributed by atoms with E-state index in [1.807, 2.05) is 0 Å². The fraction of sp³-hybridized carbons (Fsp3) is 0.292. The van der Waals surface area contributed by atoms with Crippen molar-refractivity contribution in [1.29, 1.82) is 0 Å². The molecule has 2 aromatic heterocycles. The van der Waals surface area contributed by atoms with E-state index >= 15 is 0 Å². The van der Waals surface area contributed by atoms with E-state index in [0.29, 0.717) is 28.7 Å². The second kappa shape index (κ2) is 11.4. The number of aliphatic hydroxyl groups is 1. The van der Waals surface area contributed by atoms with Gasteiger partial charge in [-0.2, -0.15) is 0 Å². The van der Waals surface area contributed by atoms with Gasteiger partial charge < -0.3 is 19.0 Å². The highest BCUT2D eigenvalue weighted by atomic mass is 32.2. The number of aromatic nitrogens is 3. The molecule has 0 aliphatic rings. The standard InChI is InChI=1S/C24H28FN5O6S/c1-7-17(26-13-14(2)25)22(31)16(4)37(32,33)29-24-28-27-23(20-12-11-15(3)36-20)30(24)21-18(34-5)9-8-10-19(21)35-6/h7-13,16,22,31H,1H2,2-6H3,(H,28,29)/b14-13+,26-17+/t16-,22-/m0/s1. The molecule has 0 saturated carbocycles. The van der Waals surface area contributed by atoms with E-state index in [0.717, 1.165) is 19.2 Å². The summed E-state index contributed by atoms with van der Waals surface area (Å²) in [5, 5.41) is 17.4. The zero-order valence-corrected chi connectivity index (χ0v) is 21.8. The van der Waals surface area contributed by atoms with Crippen LogP contribution in [0.1, 0.15) is 19.6 Å². The van der Waals surface area contributed by atoms with Gasteiger partial charge >= 0.3 is 0 Å². The number of anilines is 1. The Morgan fingerprint density at radius 2 is 1.89 bits per heavy atom. The maximum absolute atomic E-state index is 13.3. The number of furan rings is 1. The van der Waals surface area contributed by atoms with Gasteiger partial charge in [0.15, 0.2) is 5.76 Å². The molecule has 0 aliphatic heterocycles. The summed E-state index contributed by atoms with van der Waals surface area (Å²) < 4.78 is 60.3. The molecular formula is C24H28FN5O6S. The predicted molar refractivity (Wildman–Crippen MR) is 137 cm³/mol. The molecule has 37 heavy (non-hydrogen) atoms. The van der Waals surface area contributed by atoms with Gasteiger partial charge in [0.2, 0.25) is 21.8 Å². The molecule has 1 aromatic carbocycles. The van der Waals surface area contributed by atoms with Gasteiger partial charge in [0.25, 0.3) is 0 Å². The van der Waals surface area contributed by atoms with Crippen LogP contribution in [0.4, 0.5) is 10.3 Å². The van der Waals surface area contributed by atoms with Crippen LogP contribution in [0.25, 0.3) is 17.3 Å². The molecule has 2 N–H and O–H groups in total. The molecule has 2 heterocycles. The van der Waals surface area contributed by atoms with Crippen LogP contribution in [-0.4, -0.2) is 59.6 Å². The minimum Gasteiger partial charge on any atom is -0.494 e. The third kappa shape index (κ3) is 5.89. The van der Waals surface area contributed by atoms with Crippen LogP contribution >= 0.6 is 0 Å². The van der Waals surface area contributed by atoms with Gasteiger partial charge in [0.05, 0.1) is 26.1 Å². The first-order valence-corrected chi connectivity index (χ1v) is 12.5. The number of ether oxygens (including phenoxy) is 2. The lowest BCUT2D eigenvalue weighted by Crippen LogP contribution is -2.40. The fourth-order valence-electron chi connectivity index (χ4n) is 3.37. The number of aliphatic hydroxyl groups excluding tert-OH is 1. The third-order valence-electron chi connectivity index (χ3n) is 5.32. The van der Waals surface area contributed by atoms with Crippen LogP contribution in [0.2, 0.25) is 0 Å². The normalized spacial score (nSPS) is 14.2. The highest BCUT2D eigenvalue weighted by molar-refractivity contribution is 7.93. The van der Waals surface area contributed by atoms with Crippen molar-refractivity contribution in [3.8, 4) is 28.8 Å². The van der Waals surface area contributed by atoms with Gasteiger partial charge in [-0.05, 0) is 51.1 Å². The smallest absolute Gasteiger partial charge is 0.243 e. The minimum absolute atomic E-state index is 0.130. The Hall–Kier alpha value is -3.97. The average Bonchev–Trinajstić information content (AvgIpc) is 3.48. The van der Waals surface area contributed by atoms with Crippen molar-refractivity contribution in [3.63, 3.8) is 0 Å². The number of nitrogens with zero attached hydrogens (tertiary/aromatic N) is 4. The Kier molecular flexibility index (Phi) is 8.50. The van der Waals surface area contributed by atoms with Crippen LogP contribution in [0.3, 0.4) is 0 Å². The number of para-hydroxylation sites is 1. The van der Waals surface area contributed by atoms with E-state index in [2.05, 4.69) is 26.5 Å². The van der Waals surface area contributed by atoms with Crippen molar-refractivity contribution in [3.05, 3.63) is 60.8 Å². The molecule has 13 heteroatoms. The number of rotatable bonds is 11. The van der Waals surface area contributed by atoms with Crippen molar-refractivity contribution >= 4 is 21.7 Å². The van der Waals surface area contributed by atoms with E-state index < -0.39 is 27.2 Å². The lowest BCUT2D eigenvalue weighted by Gasteiger charge is -2.21. The molecule has 3 aromatic rings. The van der Waals surface area contributed by atoms with Crippen molar-refractivity contribution in [1.82, 2.24) is 14.8 Å². The Morgan fingerprint density at radius 3 is 2.41 bits per heavy atom. The Balaban J connectivity index is 2.14. The molecule has 0 radical (unpaired) electrons. The number of methoxy groups -OCH3 is 2. The lowest BCUT2D eigenvalue weighted by molar-refractivity contribution is 0.240. The molecule has 0 bridgehead atoms. The number of hydrogen-bond acceptors (Lipinski definition) is 9. The molecular weight excluding hydrogens is 505 g/mol. The van der Waals surface area contributed by atoms with Crippen molar-refractivity contribution < 1.29 is 31.8 Å². The number of benzene rings is 1. The van der Waals surface area contributed by atoms with Crippen molar-refractivity contribution in [2.45, 2.75) is 32.1 Å². The van der Waals surface area contributed by atoms with E-state index in [-0.39, 0.29) is 17.5 Å². The van der Waals surface area contributed by atoms with Gasteiger partial charge in [-0.25, -0.2) is 12.8 Å². The quantitative estimate of drug-likeness (QED) is 0.355. The monoisotopic (exact) mass is 533 g/mol. The summed E-state index contributed by atoms with van der Waals surface area (Å²) in [7, 11) is -1.42. The number of allylic oxidation sites excluding steroid dienone is 1. The first kappa shape index (κ1) is 27.6. The first-order valence-electron chi connectivity index (χ1n) is 11.0. The molecule has 198 valence electrons.